The number of nitrogens with zero attached hydrogens (tertiary/aromatic N) is 1. The fourth-order valence-electron chi connectivity index (χ4n) is 2.11. The zero-order chi connectivity index (χ0) is 12.3. The Bertz CT molecular complexity index is 381. The third-order valence-electron chi connectivity index (χ3n) is 3.07. The quantitative estimate of drug-likeness (QED) is 0.913. The van der Waals surface area contributed by atoms with Crippen molar-refractivity contribution in [2.24, 2.45) is 0 Å². The highest BCUT2D eigenvalue weighted by Gasteiger charge is 2.22. The summed E-state index contributed by atoms with van der Waals surface area (Å²) in [4.78, 5) is 2.13. The molecular weight excluding hydrogens is 262 g/mol. The molecule has 1 aliphatic rings. The maximum absolute atomic E-state index is 13.2. The van der Waals surface area contributed by atoms with Crippen molar-refractivity contribution in [3.63, 3.8) is 0 Å². The molecule has 1 aromatic rings. The molecule has 1 N–H and O–H groups in total. The normalized spacial score (nSPS) is 19.2. The molecule has 1 aromatic carbocycles. The van der Waals surface area contributed by atoms with Crippen LogP contribution in [-0.4, -0.2) is 37.8 Å². The Balaban J connectivity index is 2.18. The Morgan fingerprint density at radius 2 is 1.94 bits per heavy atom. The molecule has 94 valence electrons. The number of nitrogens with one attached hydrogen (secondary N) is 1. The highest BCUT2D eigenvalue weighted by Crippen LogP contribution is 2.28. The number of hydrogen-bond donors (Lipinski definition) is 1. The molecular formula is C12H15Cl2FN2. The van der Waals surface area contributed by atoms with Gasteiger partial charge in [-0.05, 0) is 17.7 Å². The Morgan fingerprint density at radius 3 is 2.53 bits per heavy atom. The summed E-state index contributed by atoms with van der Waals surface area (Å²) in [7, 11) is 0. The summed E-state index contributed by atoms with van der Waals surface area (Å²) >= 11 is 11.8. The van der Waals surface area contributed by atoms with Crippen LogP contribution < -0.4 is 5.32 Å². The maximum Gasteiger partial charge on any atom is 0.109 e. The molecule has 1 atom stereocenters. The van der Waals surface area contributed by atoms with Gasteiger partial charge < -0.3 is 5.32 Å². The fraction of sp³-hybridized carbons (Fsp3) is 0.500. The highest BCUT2D eigenvalue weighted by molar-refractivity contribution is 6.42. The third kappa shape index (κ3) is 3.10. The SMILES string of the molecule is FC[C@H](c1ccc(Cl)c(Cl)c1)N1CCNCC1. The van der Waals surface area contributed by atoms with Crippen LogP contribution in [0.1, 0.15) is 11.6 Å². The van der Waals surface area contributed by atoms with Gasteiger partial charge in [0.05, 0.1) is 16.1 Å². The lowest BCUT2D eigenvalue weighted by molar-refractivity contribution is 0.147. The predicted molar refractivity (Wildman–Crippen MR) is 69.6 cm³/mol. The van der Waals surface area contributed by atoms with Crippen LogP contribution in [-0.2, 0) is 0 Å². The maximum atomic E-state index is 13.2. The standard InChI is InChI=1S/C12H15Cl2FN2/c13-10-2-1-9(7-11(10)14)12(8-15)17-5-3-16-4-6-17/h1-2,7,12,16H,3-6,8H2/t12-/m1/s1. The molecule has 0 amide bonds. The van der Waals surface area contributed by atoms with E-state index in [2.05, 4.69) is 10.2 Å². The summed E-state index contributed by atoms with van der Waals surface area (Å²) in [5, 5.41) is 4.25. The molecule has 0 bridgehead atoms. The van der Waals surface area contributed by atoms with Gasteiger partial charge in [0.2, 0.25) is 0 Å². The monoisotopic (exact) mass is 276 g/mol. The number of hydrogen-bond acceptors (Lipinski definition) is 2. The second-order valence-electron chi connectivity index (χ2n) is 4.13. The molecule has 0 aromatic heterocycles. The highest BCUT2D eigenvalue weighted by atomic mass is 35.5. The summed E-state index contributed by atoms with van der Waals surface area (Å²) < 4.78 is 13.2. The molecule has 17 heavy (non-hydrogen) atoms. The summed E-state index contributed by atoms with van der Waals surface area (Å²) in [6.45, 7) is 3.11. The molecule has 0 unspecified atom stereocenters. The Labute approximate surface area is 111 Å². The van der Waals surface area contributed by atoms with Crippen molar-refractivity contribution in [1.29, 1.82) is 0 Å². The van der Waals surface area contributed by atoms with Gasteiger partial charge in [0.25, 0.3) is 0 Å². The first-order valence-corrected chi connectivity index (χ1v) is 6.43. The number of piperazine rings is 1. The molecule has 0 saturated carbocycles. The molecule has 0 radical (unpaired) electrons. The Hall–Kier alpha value is -0.350. The van der Waals surface area contributed by atoms with Gasteiger partial charge >= 0.3 is 0 Å². The first-order chi connectivity index (χ1) is 8.22. The zero-order valence-electron chi connectivity index (χ0n) is 9.43. The van der Waals surface area contributed by atoms with Crippen molar-refractivity contribution in [2.45, 2.75) is 6.04 Å². The summed E-state index contributed by atoms with van der Waals surface area (Å²) in [5.74, 6) is 0. The Kier molecular flexibility index (Phi) is 4.62. The average molecular weight is 277 g/mol. The van der Waals surface area contributed by atoms with Gasteiger partial charge in [-0.1, -0.05) is 29.3 Å². The van der Waals surface area contributed by atoms with Crippen LogP contribution in [0.3, 0.4) is 0 Å². The minimum absolute atomic E-state index is 0.216. The van der Waals surface area contributed by atoms with E-state index in [4.69, 9.17) is 23.2 Å². The molecule has 0 aliphatic carbocycles. The minimum Gasteiger partial charge on any atom is -0.314 e. The Morgan fingerprint density at radius 1 is 1.24 bits per heavy atom. The molecule has 2 rings (SSSR count). The first kappa shape index (κ1) is 13.1. The van der Waals surface area contributed by atoms with Gasteiger partial charge in [0.1, 0.15) is 6.67 Å². The van der Waals surface area contributed by atoms with Gasteiger partial charge in [-0.15, -0.1) is 0 Å². The van der Waals surface area contributed by atoms with E-state index in [0.717, 1.165) is 31.7 Å². The van der Waals surface area contributed by atoms with E-state index >= 15 is 0 Å². The van der Waals surface area contributed by atoms with Crippen LogP contribution >= 0.6 is 23.2 Å². The third-order valence-corrected chi connectivity index (χ3v) is 3.81. The number of alkyl halides is 1. The number of rotatable bonds is 3. The van der Waals surface area contributed by atoms with Gasteiger partial charge in [-0.3, -0.25) is 4.90 Å². The van der Waals surface area contributed by atoms with E-state index in [1.54, 1.807) is 12.1 Å². The van der Waals surface area contributed by atoms with Gasteiger partial charge in [-0.25, -0.2) is 4.39 Å². The van der Waals surface area contributed by atoms with Crippen molar-refractivity contribution in [3.8, 4) is 0 Å². The second kappa shape index (κ2) is 6.01. The van der Waals surface area contributed by atoms with Gasteiger partial charge in [0, 0.05) is 26.2 Å². The lowest BCUT2D eigenvalue weighted by atomic mass is 10.1. The average Bonchev–Trinajstić information content (AvgIpc) is 2.36. The van der Waals surface area contributed by atoms with Crippen LogP contribution in [0.5, 0.6) is 0 Å². The van der Waals surface area contributed by atoms with E-state index in [1.807, 2.05) is 6.07 Å². The number of benzene rings is 1. The van der Waals surface area contributed by atoms with Crippen LogP contribution in [0.4, 0.5) is 4.39 Å². The molecule has 1 heterocycles. The summed E-state index contributed by atoms with van der Waals surface area (Å²) in [6.07, 6.45) is 0. The van der Waals surface area contributed by atoms with E-state index in [0.29, 0.717) is 10.0 Å². The van der Waals surface area contributed by atoms with Gasteiger partial charge in [0.15, 0.2) is 0 Å². The second-order valence-corrected chi connectivity index (χ2v) is 4.94. The van der Waals surface area contributed by atoms with Crippen LogP contribution in [0.25, 0.3) is 0 Å². The first-order valence-electron chi connectivity index (χ1n) is 5.68. The minimum atomic E-state index is -0.405. The van der Waals surface area contributed by atoms with E-state index in [1.165, 1.54) is 0 Å². The van der Waals surface area contributed by atoms with Crippen LogP contribution in [0.2, 0.25) is 10.0 Å². The molecule has 1 aliphatic heterocycles. The van der Waals surface area contributed by atoms with Crippen molar-refractivity contribution in [2.75, 3.05) is 32.9 Å². The van der Waals surface area contributed by atoms with Crippen LogP contribution in [0, 0.1) is 0 Å². The smallest absolute Gasteiger partial charge is 0.109 e. The van der Waals surface area contributed by atoms with Crippen molar-refractivity contribution < 1.29 is 4.39 Å². The number of halogens is 3. The molecule has 1 fully saturated rings. The molecule has 0 spiro atoms. The van der Waals surface area contributed by atoms with E-state index in [9.17, 15) is 4.39 Å². The molecule has 2 nitrogen and oxygen atoms in total. The topological polar surface area (TPSA) is 15.3 Å². The largest absolute Gasteiger partial charge is 0.314 e. The molecule has 5 heteroatoms. The van der Waals surface area contributed by atoms with Gasteiger partial charge in [-0.2, -0.15) is 0 Å². The predicted octanol–water partition coefficient (Wildman–Crippen LogP) is 2.91. The molecule has 1 saturated heterocycles. The van der Waals surface area contributed by atoms with Crippen molar-refractivity contribution >= 4 is 23.2 Å². The van der Waals surface area contributed by atoms with E-state index < -0.39 is 6.67 Å². The van der Waals surface area contributed by atoms with Crippen LogP contribution in [0.15, 0.2) is 18.2 Å². The van der Waals surface area contributed by atoms with Crippen molar-refractivity contribution in [1.82, 2.24) is 10.2 Å². The lowest BCUT2D eigenvalue weighted by Gasteiger charge is -2.33. The van der Waals surface area contributed by atoms with E-state index in [-0.39, 0.29) is 6.04 Å². The van der Waals surface area contributed by atoms with Crippen molar-refractivity contribution in [3.05, 3.63) is 33.8 Å². The fourth-order valence-corrected chi connectivity index (χ4v) is 2.42. The zero-order valence-corrected chi connectivity index (χ0v) is 10.9. The lowest BCUT2D eigenvalue weighted by Crippen LogP contribution is -2.45. The summed E-state index contributed by atoms with van der Waals surface area (Å²) in [5.41, 5.74) is 0.892. The summed E-state index contributed by atoms with van der Waals surface area (Å²) in [6, 6.07) is 5.12.